The second-order valence-corrected chi connectivity index (χ2v) is 6.66. The van der Waals surface area contributed by atoms with Crippen LogP contribution in [0.15, 0.2) is 24.5 Å². The summed E-state index contributed by atoms with van der Waals surface area (Å²) >= 11 is 0. The highest BCUT2D eigenvalue weighted by molar-refractivity contribution is 6.01. The van der Waals surface area contributed by atoms with Crippen molar-refractivity contribution < 1.29 is 23.8 Å². The minimum Gasteiger partial charge on any atom is -0.330 e. The molecule has 0 aliphatic carbocycles. The van der Waals surface area contributed by atoms with Gasteiger partial charge in [0.1, 0.15) is 6.54 Å². The quantitative estimate of drug-likeness (QED) is 0.570. The van der Waals surface area contributed by atoms with Crippen molar-refractivity contribution in [2.75, 3.05) is 13.6 Å². The van der Waals surface area contributed by atoms with Gasteiger partial charge in [0.2, 0.25) is 0 Å². The Bertz CT molecular complexity index is 660. The molecule has 0 radical (unpaired) electrons. The Kier molecular flexibility index (Phi) is 5.43. The maximum Gasteiger partial charge on any atom is 0.333 e. The molecule has 3 rings (SSSR count). The van der Waals surface area contributed by atoms with Gasteiger partial charge in [0.05, 0.1) is 6.42 Å². The number of rotatable bonds is 6. The second kappa shape index (κ2) is 7.74. The fraction of sp³-hybridized carbons (Fsp3) is 0.556. The molecule has 1 aromatic rings. The monoisotopic (exact) mass is 346 g/mol. The van der Waals surface area contributed by atoms with Crippen LogP contribution in [0, 0.1) is 0 Å². The third-order valence-electron chi connectivity index (χ3n) is 4.78. The molecular weight excluding hydrogens is 322 g/mol. The van der Waals surface area contributed by atoms with Gasteiger partial charge in [-0.3, -0.25) is 14.5 Å². The van der Waals surface area contributed by atoms with Gasteiger partial charge in [-0.05, 0) is 32.5 Å². The zero-order valence-corrected chi connectivity index (χ0v) is 14.5. The molecule has 25 heavy (non-hydrogen) atoms. The van der Waals surface area contributed by atoms with E-state index in [1.807, 2.05) is 12.3 Å². The number of pyridine rings is 1. The second-order valence-electron chi connectivity index (χ2n) is 6.66. The number of imide groups is 1. The topological polar surface area (TPSA) is 70.8 Å². The normalized spacial score (nSPS) is 21.2. The van der Waals surface area contributed by atoms with E-state index in [0.717, 1.165) is 6.54 Å². The molecule has 1 atom stereocenters. The van der Waals surface area contributed by atoms with Crippen LogP contribution in [0.25, 0.3) is 0 Å². The summed E-state index contributed by atoms with van der Waals surface area (Å²) in [5.74, 6) is -1.43. The smallest absolute Gasteiger partial charge is 0.330 e. The molecule has 0 saturated carbocycles. The van der Waals surface area contributed by atoms with Gasteiger partial charge in [0, 0.05) is 36.9 Å². The van der Waals surface area contributed by atoms with Crippen molar-refractivity contribution in [3.63, 3.8) is 0 Å². The van der Waals surface area contributed by atoms with Crippen LogP contribution in [0.5, 0.6) is 0 Å². The lowest BCUT2D eigenvalue weighted by molar-refractivity contribution is -0.697. The standard InChI is InChI=1S/C18H24N3O4/c1-19-10-3-6-15(19)14-5-2-11-20(13-14)12-4-7-18(24)25-21-16(22)8-9-17(21)23/h2,5,11,13,15H,3-4,6-10,12H2,1H3/q+1/t15-/m0/s1. The van der Waals surface area contributed by atoms with Gasteiger partial charge >= 0.3 is 5.97 Å². The molecule has 0 unspecified atom stereocenters. The summed E-state index contributed by atoms with van der Waals surface area (Å²) in [6.45, 7) is 1.81. The molecule has 134 valence electrons. The van der Waals surface area contributed by atoms with Crippen molar-refractivity contribution >= 4 is 17.8 Å². The van der Waals surface area contributed by atoms with Crippen LogP contribution in [-0.4, -0.2) is 41.3 Å². The number of likely N-dealkylation sites (tertiary alicyclic amines) is 1. The van der Waals surface area contributed by atoms with Gasteiger partial charge in [-0.2, -0.15) is 0 Å². The van der Waals surface area contributed by atoms with E-state index in [0.29, 0.717) is 24.1 Å². The molecule has 0 aromatic carbocycles. The highest BCUT2D eigenvalue weighted by atomic mass is 16.7. The Morgan fingerprint density at radius 2 is 2.08 bits per heavy atom. The van der Waals surface area contributed by atoms with Gasteiger partial charge in [-0.15, -0.1) is 5.06 Å². The van der Waals surface area contributed by atoms with E-state index in [1.54, 1.807) is 0 Å². The molecule has 3 heterocycles. The number of amides is 2. The molecule has 0 N–H and O–H groups in total. The van der Waals surface area contributed by atoms with Crippen molar-refractivity contribution in [3.05, 3.63) is 30.1 Å². The van der Waals surface area contributed by atoms with E-state index in [4.69, 9.17) is 4.84 Å². The molecule has 2 amide bonds. The minimum absolute atomic E-state index is 0.115. The SMILES string of the molecule is CN1CCC[C@H]1c1ccc[n+](CCCC(=O)ON2C(=O)CCC2=O)c1. The number of aryl methyl sites for hydroxylation is 1. The first-order valence-electron chi connectivity index (χ1n) is 8.80. The van der Waals surface area contributed by atoms with Gasteiger partial charge in [-0.25, -0.2) is 9.36 Å². The van der Waals surface area contributed by atoms with E-state index in [-0.39, 0.29) is 19.3 Å². The van der Waals surface area contributed by atoms with E-state index in [1.165, 1.54) is 18.4 Å². The molecular formula is C18H24N3O4+. The van der Waals surface area contributed by atoms with Crippen LogP contribution >= 0.6 is 0 Å². The molecule has 7 nitrogen and oxygen atoms in total. The maximum absolute atomic E-state index is 11.8. The fourth-order valence-electron chi connectivity index (χ4n) is 3.42. The van der Waals surface area contributed by atoms with Gasteiger partial charge in [0.15, 0.2) is 12.4 Å². The summed E-state index contributed by atoms with van der Waals surface area (Å²) in [6, 6.07) is 4.63. The van der Waals surface area contributed by atoms with Crippen molar-refractivity contribution in [3.8, 4) is 0 Å². The van der Waals surface area contributed by atoms with Crippen LogP contribution in [0.1, 0.15) is 50.1 Å². The predicted molar refractivity (Wildman–Crippen MR) is 87.7 cm³/mol. The first kappa shape index (κ1) is 17.5. The molecule has 7 heteroatoms. The largest absolute Gasteiger partial charge is 0.333 e. The summed E-state index contributed by atoms with van der Waals surface area (Å²) < 4.78 is 2.07. The lowest BCUT2D eigenvalue weighted by Gasteiger charge is -2.18. The van der Waals surface area contributed by atoms with E-state index >= 15 is 0 Å². The van der Waals surface area contributed by atoms with Crippen molar-refractivity contribution in [1.82, 2.24) is 9.96 Å². The Morgan fingerprint density at radius 3 is 2.76 bits per heavy atom. The van der Waals surface area contributed by atoms with E-state index < -0.39 is 17.8 Å². The lowest BCUT2D eigenvalue weighted by Crippen LogP contribution is -2.35. The minimum atomic E-state index is -0.545. The van der Waals surface area contributed by atoms with Gasteiger partial charge < -0.3 is 4.84 Å². The number of nitrogens with zero attached hydrogens (tertiary/aromatic N) is 3. The summed E-state index contributed by atoms with van der Waals surface area (Å²) in [7, 11) is 2.14. The molecule has 2 saturated heterocycles. The number of hydrogen-bond donors (Lipinski definition) is 0. The van der Waals surface area contributed by atoms with Crippen LogP contribution in [0.2, 0.25) is 0 Å². The van der Waals surface area contributed by atoms with Crippen molar-refractivity contribution in [2.24, 2.45) is 0 Å². The molecule has 1 aromatic heterocycles. The Balaban J connectivity index is 1.48. The highest BCUT2D eigenvalue weighted by Gasteiger charge is 2.32. The highest BCUT2D eigenvalue weighted by Crippen LogP contribution is 2.29. The first-order valence-corrected chi connectivity index (χ1v) is 8.80. The van der Waals surface area contributed by atoms with Crippen LogP contribution in [0.4, 0.5) is 0 Å². The first-order chi connectivity index (χ1) is 12.0. The number of carbonyl (C=O) groups is 3. The van der Waals surface area contributed by atoms with Crippen LogP contribution < -0.4 is 4.57 Å². The summed E-state index contributed by atoms with van der Waals surface area (Å²) in [5, 5.41) is 0.603. The average Bonchev–Trinajstić information content (AvgIpc) is 3.15. The molecule has 2 aliphatic heterocycles. The predicted octanol–water partition coefficient (Wildman–Crippen LogP) is 1.13. The fourth-order valence-corrected chi connectivity index (χ4v) is 3.42. The summed E-state index contributed by atoms with van der Waals surface area (Å²) in [6.07, 6.45) is 7.49. The van der Waals surface area contributed by atoms with Gasteiger partial charge in [0.25, 0.3) is 11.8 Å². The van der Waals surface area contributed by atoms with Crippen molar-refractivity contribution in [2.45, 2.75) is 51.1 Å². The number of hydroxylamine groups is 2. The van der Waals surface area contributed by atoms with Crippen LogP contribution in [0.3, 0.4) is 0 Å². The zero-order chi connectivity index (χ0) is 17.8. The molecule has 2 aliphatic rings. The average molecular weight is 346 g/mol. The third kappa shape index (κ3) is 4.22. The maximum atomic E-state index is 11.8. The lowest BCUT2D eigenvalue weighted by atomic mass is 10.1. The third-order valence-corrected chi connectivity index (χ3v) is 4.78. The molecule has 0 bridgehead atoms. The Morgan fingerprint density at radius 1 is 1.32 bits per heavy atom. The van der Waals surface area contributed by atoms with E-state index in [2.05, 4.69) is 28.8 Å². The summed E-state index contributed by atoms with van der Waals surface area (Å²) in [4.78, 5) is 41.9. The summed E-state index contributed by atoms with van der Waals surface area (Å²) in [5.41, 5.74) is 1.29. The number of hydrogen-bond acceptors (Lipinski definition) is 5. The van der Waals surface area contributed by atoms with Crippen molar-refractivity contribution in [1.29, 1.82) is 0 Å². The van der Waals surface area contributed by atoms with Crippen LogP contribution in [-0.2, 0) is 25.8 Å². The zero-order valence-electron chi connectivity index (χ0n) is 14.5. The Labute approximate surface area is 147 Å². The molecule has 0 spiro atoms. The molecule has 2 fully saturated rings. The van der Waals surface area contributed by atoms with Gasteiger partial charge in [-0.1, -0.05) is 0 Å². The Hall–Kier alpha value is -2.28. The number of aromatic nitrogens is 1. The van der Waals surface area contributed by atoms with E-state index in [9.17, 15) is 14.4 Å². The number of carbonyl (C=O) groups excluding carboxylic acids is 3.